The Balaban J connectivity index is 2.33. The quantitative estimate of drug-likeness (QED) is 0.879. The Labute approximate surface area is 100 Å². The van der Waals surface area contributed by atoms with Gasteiger partial charge in [0.2, 0.25) is 0 Å². The molecular weight excluding hydrogens is 214 g/mol. The summed E-state index contributed by atoms with van der Waals surface area (Å²) < 4.78 is 5.38. The van der Waals surface area contributed by atoms with Gasteiger partial charge in [0, 0.05) is 11.8 Å². The van der Waals surface area contributed by atoms with Crippen molar-refractivity contribution in [1.82, 2.24) is 4.98 Å². The van der Waals surface area contributed by atoms with E-state index in [1.54, 1.807) is 13.1 Å². The molecule has 0 fully saturated rings. The Morgan fingerprint density at radius 2 is 1.88 bits per heavy atom. The van der Waals surface area contributed by atoms with Gasteiger partial charge in [0.05, 0.1) is 6.61 Å². The van der Waals surface area contributed by atoms with Crippen molar-refractivity contribution in [3.8, 4) is 16.9 Å². The number of H-pyrrole nitrogens is 1. The van der Waals surface area contributed by atoms with Crippen LogP contribution in [0.2, 0.25) is 0 Å². The first-order valence-corrected chi connectivity index (χ1v) is 5.63. The molecule has 17 heavy (non-hydrogen) atoms. The van der Waals surface area contributed by atoms with Crippen molar-refractivity contribution in [2.45, 2.75) is 13.8 Å². The molecule has 1 aromatic heterocycles. The van der Waals surface area contributed by atoms with Crippen LogP contribution in [0.5, 0.6) is 5.75 Å². The monoisotopic (exact) mass is 229 g/mol. The van der Waals surface area contributed by atoms with Crippen LogP contribution in [-0.2, 0) is 0 Å². The topological polar surface area (TPSA) is 42.1 Å². The Morgan fingerprint density at radius 1 is 1.18 bits per heavy atom. The van der Waals surface area contributed by atoms with Crippen LogP contribution in [0.4, 0.5) is 0 Å². The summed E-state index contributed by atoms with van der Waals surface area (Å²) in [6.45, 7) is 4.42. The average molecular weight is 229 g/mol. The summed E-state index contributed by atoms with van der Waals surface area (Å²) in [5.41, 5.74) is 2.74. The van der Waals surface area contributed by atoms with Gasteiger partial charge in [-0.05, 0) is 43.2 Å². The largest absolute Gasteiger partial charge is 0.494 e. The van der Waals surface area contributed by atoms with E-state index in [9.17, 15) is 4.79 Å². The van der Waals surface area contributed by atoms with E-state index >= 15 is 0 Å². The van der Waals surface area contributed by atoms with Crippen LogP contribution >= 0.6 is 0 Å². The molecule has 0 saturated carbocycles. The zero-order valence-corrected chi connectivity index (χ0v) is 9.99. The molecule has 0 aliphatic heterocycles. The normalized spacial score (nSPS) is 10.2. The molecule has 1 aromatic carbocycles. The highest BCUT2D eigenvalue weighted by Crippen LogP contribution is 2.21. The average Bonchev–Trinajstić information content (AvgIpc) is 2.34. The number of hydrogen-bond acceptors (Lipinski definition) is 2. The number of rotatable bonds is 3. The van der Waals surface area contributed by atoms with Crippen molar-refractivity contribution in [2.24, 2.45) is 0 Å². The van der Waals surface area contributed by atoms with Gasteiger partial charge in [-0.2, -0.15) is 0 Å². The molecule has 2 rings (SSSR count). The van der Waals surface area contributed by atoms with Crippen molar-refractivity contribution in [3.05, 3.63) is 52.4 Å². The second kappa shape index (κ2) is 4.87. The van der Waals surface area contributed by atoms with Crippen LogP contribution in [0.3, 0.4) is 0 Å². The lowest BCUT2D eigenvalue weighted by Crippen LogP contribution is -2.07. The van der Waals surface area contributed by atoms with Crippen molar-refractivity contribution >= 4 is 0 Å². The van der Waals surface area contributed by atoms with E-state index in [-0.39, 0.29) is 5.56 Å². The lowest BCUT2D eigenvalue weighted by Gasteiger charge is -2.05. The summed E-state index contributed by atoms with van der Waals surface area (Å²) in [6.07, 6.45) is 1.73. The van der Waals surface area contributed by atoms with Crippen molar-refractivity contribution < 1.29 is 4.74 Å². The van der Waals surface area contributed by atoms with Gasteiger partial charge in [-0.15, -0.1) is 0 Å². The third kappa shape index (κ3) is 2.56. The van der Waals surface area contributed by atoms with Crippen LogP contribution < -0.4 is 10.3 Å². The summed E-state index contributed by atoms with van der Waals surface area (Å²) in [4.78, 5) is 14.0. The molecule has 0 spiro atoms. The Kier molecular flexibility index (Phi) is 3.28. The van der Waals surface area contributed by atoms with Gasteiger partial charge in [0.25, 0.3) is 5.56 Å². The van der Waals surface area contributed by atoms with Crippen LogP contribution in [0.15, 0.2) is 41.3 Å². The number of aromatic amines is 1. The number of benzene rings is 1. The molecule has 3 heteroatoms. The van der Waals surface area contributed by atoms with Crippen molar-refractivity contribution in [3.63, 3.8) is 0 Å². The summed E-state index contributed by atoms with van der Waals surface area (Å²) in [5, 5.41) is 0. The molecule has 3 nitrogen and oxygen atoms in total. The summed E-state index contributed by atoms with van der Waals surface area (Å²) in [6, 6.07) is 9.71. The standard InChI is InChI=1S/C14H15NO2/c1-3-17-13-6-4-11(5-7-13)12-8-10(2)14(16)15-9-12/h4-9H,3H2,1-2H3,(H,15,16). The minimum Gasteiger partial charge on any atom is -0.494 e. The summed E-state index contributed by atoms with van der Waals surface area (Å²) in [7, 11) is 0. The minimum atomic E-state index is -0.0420. The third-order valence-corrected chi connectivity index (χ3v) is 2.59. The molecule has 0 aliphatic rings. The van der Waals surface area contributed by atoms with Crippen LogP contribution in [-0.4, -0.2) is 11.6 Å². The highest BCUT2D eigenvalue weighted by molar-refractivity contribution is 5.63. The molecule has 0 aliphatic carbocycles. The SMILES string of the molecule is CCOc1ccc(-c2c[nH]c(=O)c(C)c2)cc1. The second-order valence-electron chi connectivity index (χ2n) is 3.86. The molecule has 88 valence electrons. The second-order valence-corrected chi connectivity index (χ2v) is 3.86. The van der Waals surface area contributed by atoms with E-state index in [0.29, 0.717) is 6.61 Å². The predicted molar refractivity (Wildman–Crippen MR) is 68.4 cm³/mol. The highest BCUT2D eigenvalue weighted by atomic mass is 16.5. The van der Waals surface area contributed by atoms with Crippen LogP contribution in [0.1, 0.15) is 12.5 Å². The minimum absolute atomic E-state index is 0.0420. The zero-order valence-electron chi connectivity index (χ0n) is 9.99. The maximum absolute atomic E-state index is 11.3. The third-order valence-electron chi connectivity index (χ3n) is 2.59. The van der Waals surface area contributed by atoms with Gasteiger partial charge >= 0.3 is 0 Å². The number of nitrogens with one attached hydrogen (secondary N) is 1. The molecule has 0 radical (unpaired) electrons. The fourth-order valence-electron chi connectivity index (χ4n) is 1.67. The van der Waals surface area contributed by atoms with E-state index in [4.69, 9.17) is 4.74 Å². The molecule has 0 atom stereocenters. The highest BCUT2D eigenvalue weighted by Gasteiger charge is 2.00. The molecule has 0 saturated heterocycles. The van der Waals surface area contributed by atoms with E-state index in [1.165, 1.54) is 0 Å². The number of pyridine rings is 1. The van der Waals surface area contributed by atoms with E-state index in [0.717, 1.165) is 22.4 Å². The fraction of sp³-hybridized carbons (Fsp3) is 0.214. The smallest absolute Gasteiger partial charge is 0.250 e. The maximum Gasteiger partial charge on any atom is 0.250 e. The zero-order chi connectivity index (χ0) is 12.3. The number of hydrogen-bond donors (Lipinski definition) is 1. The molecule has 2 aromatic rings. The molecule has 0 amide bonds. The molecule has 0 unspecified atom stereocenters. The first-order valence-electron chi connectivity index (χ1n) is 5.63. The fourth-order valence-corrected chi connectivity index (χ4v) is 1.67. The molecule has 0 bridgehead atoms. The first-order chi connectivity index (χ1) is 8.20. The molecule has 1 N–H and O–H groups in total. The van der Waals surface area contributed by atoms with E-state index in [2.05, 4.69) is 4.98 Å². The molecular formula is C14H15NO2. The van der Waals surface area contributed by atoms with Gasteiger partial charge < -0.3 is 9.72 Å². The van der Waals surface area contributed by atoms with Crippen molar-refractivity contribution in [2.75, 3.05) is 6.61 Å². The lowest BCUT2D eigenvalue weighted by atomic mass is 10.1. The van der Waals surface area contributed by atoms with Gasteiger partial charge in [-0.1, -0.05) is 12.1 Å². The number of ether oxygens (including phenoxy) is 1. The summed E-state index contributed by atoms with van der Waals surface area (Å²) >= 11 is 0. The Morgan fingerprint density at radius 3 is 2.47 bits per heavy atom. The Hall–Kier alpha value is -2.03. The van der Waals surface area contributed by atoms with E-state index < -0.39 is 0 Å². The predicted octanol–water partition coefficient (Wildman–Crippen LogP) is 2.75. The molecule has 1 heterocycles. The number of aryl methyl sites for hydroxylation is 1. The van der Waals surface area contributed by atoms with Gasteiger partial charge in [-0.3, -0.25) is 4.79 Å². The number of aromatic nitrogens is 1. The van der Waals surface area contributed by atoms with Crippen LogP contribution in [0.25, 0.3) is 11.1 Å². The first kappa shape index (κ1) is 11.5. The van der Waals surface area contributed by atoms with Crippen LogP contribution in [0, 0.1) is 6.92 Å². The lowest BCUT2D eigenvalue weighted by molar-refractivity contribution is 0.340. The van der Waals surface area contributed by atoms with Gasteiger partial charge in [0.1, 0.15) is 5.75 Å². The summed E-state index contributed by atoms with van der Waals surface area (Å²) in [5.74, 6) is 0.859. The van der Waals surface area contributed by atoms with Crippen molar-refractivity contribution in [1.29, 1.82) is 0 Å². The van der Waals surface area contributed by atoms with Gasteiger partial charge in [0.15, 0.2) is 0 Å². The van der Waals surface area contributed by atoms with Gasteiger partial charge in [-0.25, -0.2) is 0 Å². The maximum atomic E-state index is 11.3. The Bertz CT molecular complexity index is 555. The van der Waals surface area contributed by atoms with E-state index in [1.807, 2.05) is 37.3 Å².